The van der Waals surface area contributed by atoms with Crippen molar-refractivity contribution in [2.75, 3.05) is 105 Å². The monoisotopic (exact) mass is 1860 g/mol. The molecule has 0 spiro atoms. The lowest BCUT2D eigenvalue weighted by Gasteiger charge is -2.61. The minimum absolute atomic E-state index is 0.0153. The smallest absolute Gasteiger partial charge is 0.408 e. The zero-order valence-electron chi connectivity index (χ0n) is 82.9. The molecule has 0 aliphatic carbocycles. The number of piperazine rings is 6. The molecule has 131 heavy (non-hydrogen) atoms. The number of halogens is 8. The molecule has 14 saturated heterocycles. The number of piperidine rings is 6. The van der Waals surface area contributed by atoms with Gasteiger partial charge in [-0.3, -0.25) is 63.8 Å². The highest BCUT2D eigenvalue weighted by Crippen LogP contribution is 2.51. The van der Waals surface area contributed by atoms with Gasteiger partial charge in [-0.1, -0.05) is 74.3 Å². The van der Waals surface area contributed by atoms with Crippen LogP contribution in [0.15, 0.2) is 110 Å². The molecule has 722 valence electrons. The standard InChI is InChI=1S/C19H31N3.C18H26N4.C17H24F3N3O.C17H28N4.C16H21ClF3N3.C14H21ClN4/c1-18(2,3)17-8-7-14(10-20-17)11-22-15-9-16(22)13-21(12-15)19(4,5)6;1-18(2,3)21-10-14-8-15(11-21)22(14)9-13-5-6-17-16(7-13)19-12-20(17)4;1-16(2,3)22-9-12-7-13(10-22)23(12)15(17(18,19)20)11-5-6-14(24-4)21-8-11;1-17(2,3)20-11-14-8-15(12-20)21(14)10-13-6-7-16(18-9-13)19(4)5;1-15(2,3)22-8-11-6-12(9-22)23(11)14(16(18,19)20)10-4-5-13(17)21-7-10;1-14(2,3)18-8-11-6-12(9-18)19(11)7-10-4-5-13(15)17-16-10/h7-8,10,15-16H,9,11-13H2,1-6H3;5-7,12,14-15H,8-11H2,1-4H3;5-6,8,12-13,15H,7,9-10H2,1-4H3;6-7,9,14-15H,8,10-12H2,1-5H3;4-5,7,11-12,14H,6,8-9H2,1-3H3;4-5,11-12H,6-9H2,1-3H3. The molecule has 1 aromatic carbocycles. The van der Waals surface area contributed by atoms with E-state index in [1.807, 2.05) is 43.7 Å². The second-order valence-electron chi connectivity index (χ2n) is 46.5. The number of hydrogen-bond donors (Lipinski definition) is 0. The number of likely N-dealkylation sites (tertiary alicyclic amines) is 8. The maximum absolute atomic E-state index is 13.8. The van der Waals surface area contributed by atoms with Crippen molar-refractivity contribution in [2.45, 2.75) is 346 Å². The molecule has 14 unspecified atom stereocenters. The van der Waals surface area contributed by atoms with Crippen molar-refractivity contribution >= 4 is 40.1 Å². The van der Waals surface area contributed by atoms with E-state index in [9.17, 15) is 26.3 Å². The van der Waals surface area contributed by atoms with Gasteiger partial charge in [0, 0.05) is 274 Å². The topological polar surface area (TPSA) is 147 Å². The van der Waals surface area contributed by atoms with Gasteiger partial charge in [-0.2, -0.15) is 31.4 Å². The molecular formula is C101H151Cl2F6N21O. The second kappa shape index (κ2) is 38.9. The van der Waals surface area contributed by atoms with E-state index in [0.29, 0.717) is 65.9 Å². The van der Waals surface area contributed by atoms with E-state index in [-0.39, 0.29) is 62.5 Å². The first kappa shape index (κ1) is 101. The van der Waals surface area contributed by atoms with Crippen LogP contribution in [-0.4, -0.2) is 316 Å². The number of methoxy groups -OCH3 is 1. The zero-order chi connectivity index (χ0) is 95.1. The van der Waals surface area contributed by atoms with Gasteiger partial charge in [-0.25, -0.2) is 19.9 Å². The first-order valence-electron chi connectivity index (χ1n) is 47.8. The van der Waals surface area contributed by atoms with Gasteiger partial charge in [-0.05, 0) is 233 Å². The molecule has 0 amide bonds. The van der Waals surface area contributed by atoms with Crippen LogP contribution in [-0.2, 0) is 38.6 Å². The molecule has 0 radical (unpaired) electrons. The molecule has 0 saturated carbocycles. The number of alkyl halides is 6. The summed E-state index contributed by atoms with van der Waals surface area (Å²) in [6, 6.07) is 27.5. The molecule has 20 heterocycles. The van der Waals surface area contributed by atoms with Crippen molar-refractivity contribution in [1.29, 1.82) is 0 Å². The van der Waals surface area contributed by atoms with Crippen molar-refractivity contribution < 1.29 is 31.1 Å². The van der Waals surface area contributed by atoms with Crippen LogP contribution in [0.1, 0.15) is 235 Å². The summed E-state index contributed by atoms with van der Waals surface area (Å²) in [5.41, 5.74) is 10.3. The maximum atomic E-state index is 13.8. The number of nitrogens with zero attached hydrogens (tertiary/aromatic N) is 21. The molecule has 30 heteroatoms. The summed E-state index contributed by atoms with van der Waals surface area (Å²) >= 11 is 11.5. The minimum Gasteiger partial charge on any atom is -0.481 e. The number of imidazole rings is 1. The van der Waals surface area contributed by atoms with E-state index in [2.05, 4.69) is 290 Å². The Hall–Kier alpha value is -6.35. The van der Waals surface area contributed by atoms with Gasteiger partial charge in [0.1, 0.15) is 23.1 Å². The Labute approximate surface area is 787 Å². The number of rotatable bonds is 14. The summed E-state index contributed by atoms with van der Waals surface area (Å²) in [7, 11) is 7.56. The van der Waals surface area contributed by atoms with E-state index in [0.717, 1.165) is 92.3 Å². The third-order valence-corrected chi connectivity index (χ3v) is 30.3. The molecule has 14 aliphatic rings. The predicted octanol–water partition coefficient (Wildman–Crippen LogP) is 17.6. The number of ether oxygens (including phenoxy) is 1. The second-order valence-corrected chi connectivity index (χ2v) is 47.3. The predicted molar refractivity (Wildman–Crippen MR) is 514 cm³/mol. The first-order valence-corrected chi connectivity index (χ1v) is 48.6. The molecular weight excluding hydrogens is 1710 g/mol. The van der Waals surface area contributed by atoms with Gasteiger partial charge < -0.3 is 14.2 Å². The third-order valence-electron chi connectivity index (χ3n) is 29.9. The Morgan fingerprint density at radius 1 is 0.374 bits per heavy atom. The third kappa shape index (κ3) is 23.7. The van der Waals surface area contributed by atoms with Crippen molar-refractivity contribution in [1.82, 2.24) is 98.5 Å². The van der Waals surface area contributed by atoms with Gasteiger partial charge in [0.05, 0.1) is 30.2 Å². The van der Waals surface area contributed by atoms with Crippen LogP contribution in [0.3, 0.4) is 0 Å². The highest BCUT2D eigenvalue weighted by Gasteiger charge is 2.60. The number of fused-ring (bicyclic) bond motifs is 13. The van der Waals surface area contributed by atoms with E-state index in [1.54, 1.807) is 9.80 Å². The number of anilines is 1. The Kier molecular flexibility index (Phi) is 29.9. The Morgan fingerprint density at radius 2 is 0.725 bits per heavy atom. The van der Waals surface area contributed by atoms with Crippen molar-refractivity contribution in [3.05, 3.63) is 159 Å². The summed E-state index contributed by atoms with van der Waals surface area (Å²) in [6.45, 7) is 63.5. The fourth-order valence-corrected chi connectivity index (χ4v) is 21.9. The summed E-state index contributed by atoms with van der Waals surface area (Å²) < 4.78 is 89.5. The van der Waals surface area contributed by atoms with E-state index in [4.69, 9.17) is 27.9 Å². The molecule has 7 aromatic rings. The van der Waals surface area contributed by atoms with Crippen molar-refractivity contribution in [3.8, 4) is 5.88 Å². The maximum Gasteiger partial charge on any atom is 0.408 e. The fourth-order valence-electron chi connectivity index (χ4n) is 21.7. The summed E-state index contributed by atoms with van der Waals surface area (Å²) in [5, 5.41) is 8.75. The molecule has 14 fully saturated rings. The highest BCUT2D eigenvalue weighted by molar-refractivity contribution is 6.29. The fraction of sp³-hybridized carbons (Fsp3) is 0.693. The van der Waals surface area contributed by atoms with E-state index < -0.39 is 24.4 Å². The largest absolute Gasteiger partial charge is 0.481 e. The van der Waals surface area contributed by atoms with Crippen LogP contribution < -0.4 is 9.64 Å². The van der Waals surface area contributed by atoms with Crippen LogP contribution in [0.25, 0.3) is 11.0 Å². The van der Waals surface area contributed by atoms with Crippen molar-refractivity contribution in [3.63, 3.8) is 0 Å². The molecule has 6 aromatic heterocycles. The van der Waals surface area contributed by atoms with Gasteiger partial charge in [0.15, 0.2) is 5.15 Å². The molecule has 21 rings (SSSR count). The molecule has 14 atom stereocenters. The normalized spacial score (nSPS) is 27.0. The number of aromatic nitrogens is 8. The van der Waals surface area contributed by atoms with Gasteiger partial charge in [0.25, 0.3) is 0 Å². The molecule has 14 aliphatic heterocycles. The van der Waals surface area contributed by atoms with Gasteiger partial charge in [0.2, 0.25) is 5.88 Å². The van der Waals surface area contributed by atoms with Gasteiger partial charge >= 0.3 is 12.4 Å². The number of benzene rings is 1. The first-order chi connectivity index (χ1) is 61.0. The Balaban J connectivity index is 0.000000127. The van der Waals surface area contributed by atoms with Crippen LogP contribution in [0.5, 0.6) is 5.88 Å². The summed E-state index contributed by atoms with van der Waals surface area (Å²) in [4.78, 5) is 52.4. The lowest BCUT2D eigenvalue weighted by atomic mass is 9.82. The quantitative estimate of drug-likeness (QED) is 0.0750. The Bertz CT molecular complexity index is 4830. The number of aryl methyl sites for hydroxylation is 1. The summed E-state index contributed by atoms with van der Waals surface area (Å²) in [6.07, 6.45) is 7.01. The average Bonchev–Trinajstić information content (AvgIpc) is 1.51. The van der Waals surface area contributed by atoms with E-state index >= 15 is 0 Å². The molecule has 22 nitrogen and oxygen atoms in total. The van der Waals surface area contributed by atoms with Crippen LogP contribution in [0.4, 0.5) is 32.2 Å². The molecule has 0 N–H and O–H groups in total. The van der Waals surface area contributed by atoms with Crippen LogP contribution in [0.2, 0.25) is 10.3 Å². The SMILES string of the molecule is CC(C)(C)N1CC2CC(C1)N2C(c1ccc(Cl)nc1)C(F)(F)F.CC(C)(C)N1CC2CC(C1)N2Cc1ccc(Cl)nn1.CC(C)(C)c1ccc(CN2C3CC2CN(C(C)(C)C)C3)cn1.CN(C)c1ccc(CN2C3CC2CN(C(C)(C)C)C3)cn1.COc1ccc(C(N2C3CC2CN(C(C)(C)C)C3)C(F)(F)F)cn1.Cn1cnc2cc(CN3C4CC3CN(C(C)(C)C)C4)ccc21. The molecule has 12 bridgehead atoms. The lowest BCUT2D eigenvalue weighted by Crippen LogP contribution is -2.72. The minimum atomic E-state index is -4.32. The van der Waals surface area contributed by atoms with Crippen LogP contribution >= 0.6 is 23.2 Å². The zero-order valence-corrected chi connectivity index (χ0v) is 84.4. The Morgan fingerprint density at radius 3 is 1.04 bits per heavy atom. The van der Waals surface area contributed by atoms with Gasteiger partial charge in [-0.15, -0.1) is 5.10 Å². The lowest BCUT2D eigenvalue weighted by molar-refractivity contribution is -0.235. The summed E-state index contributed by atoms with van der Waals surface area (Å²) in [5.74, 6) is 1.35. The highest BCUT2D eigenvalue weighted by atomic mass is 35.5. The van der Waals surface area contributed by atoms with Crippen molar-refractivity contribution in [2.24, 2.45) is 7.05 Å². The van der Waals surface area contributed by atoms with E-state index in [1.165, 1.54) is 150 Å². The average molecular weight is 1860 g/mol. The number of hydrogen-bond acceptors (Lipinski definition) is 21. The van der Waals surface area contributed by atoms with Crippen LogP contribution in [0, 0.1) is 0 Å². The number of pyridine rings is 4.